The number of aromatic hydroxyl groups is 1. The van der Waals surface area contributed by atoms with Crippen molar-refractivity contribution in [2.45, 2.75) is 13.0 Å². The van der Waals surface area contributed by atoms with Crippen LogP contribution >= 0.6 is 0 Å². The number of carbonyl (C=O) groups is 2. The first-order chi connectivity index (χ1) is 7.63. The second-order valence-corrected chi connectivity index (χ2v) is 3.19. The number of rotatable bonds is 5. The maximum atomic E-state index is 11.4. The van der Waals surface area contributed by atoms with E-state index in [4.69, 9.17) is 9.84 Å². The van der Waals surface area contributed by atoms with Gasteiger partial charge in [0.15, 0.2) is 0 Å². The highest BCUT2D eigenvalue weighted by Gasteiger charge is 2.09. The number of phenols is 1. The van der Waals surface area contributed by atoms with Crippen LogP contribution in [-0.2, 0) is 14.3 Å². The van der Waals surface area contributed by atoms with Crippen molar-refractivity contribution < 1.29 is 24.2 Å². The zero-order valence-electron chi connectivity index (χ0n) is 8.75. The van der Waals surface area contributed by atoms with Gasteiger partial charge in [-0.1, -0.05) is 0 Å². The molecule has 1 N–H and O–H groups in total. The van der Waals surface area contributed by atoms with Crippen molar-refractivity contribution in [1.82, 2.24) is 0 Å². The van der Waals surface area contributed by atoms with E-state index in [1.54, 1.807) is 6.92 Å². The molecule has 0 saturated carbocycles. The monoisotopic (exact) mass is 224 g/mol. The van der Waals surface area contributed by atoms with Gasteiger partial charge < -0.3 is 14.6 Å². The Labute approximate surface area is 92.6 Å². The summed E-state index contributed by atoms with van der Waals surface area (Å²) in [5.74, 6) is -0.449. The molecule has 0 saturated heterocycles. The highest BCUT2D eigenvalue weighted by molar-refractivity contribution is 5.89. The van der Waals surface area contributed by atoms with Crippen molar-refractivity contribution in [3.05, 3.63) is 29.8 Å². The van der Waals surface area contributed by atoms with Crippen molar-refractivity contribution in [3.63, 3.8) is 0 Å². The Bertz CT molecular complexity index is 357. The third-order valence-electron chi connectivity index (χ3n) is 1.84. The number of hydrogen-bond donors (Lipinski definition) is 1. The molecule has 5 heteroatoms. The average Bonchev–Trinajstić information content (AvgIpc) is 2.27. The van der Waals surface area contributed by atoms with Crippen molar-refractivity contribution >= 4 is 12.4 Å². The molecule has 0 fully saturated rings. The molecule has 0 aliphatic heterocycles. The van der Waals surface area contributed by atoms with Crippen molar-refractivity contribution in [3.8, 4) is 5.75 Å². The molecule has 86 valence electrons. The highest BCUT2D eigenvalue weighted by atomic mass is 16.6. The number of benzene rings is 1. The van der Waals surface area contributed by atoms with Crippen LogP contribution in [-0.4, -0.2) is 30.3 Å². The smallest absolute Gasteiger partial charge is 0.338 e. The highest BCUT2D eigenvalue weighted by Crippen LogP contribution is 2.10. The van der Waals surface area contributed by atoms with Crippen LogP contribution in [0.15, 0.2) is 24.3 Å². The summed E-state index contributed by atoms with van der Waals surface area (Å²) in [6.45, 7) is 1.91. The summed E-state index contributed by atoms with van der Waals surface area (Å²) in [5, 5.41) is 9.02. The number of esters is 1. The van der Waals surface area contributed by atoms with Crippen molar-refractivity contribution in [2.75, 3.05) is 6.61 Å². The number of phenolic OH excluding ortho intramolecular Hbond substituents is 1. The van der Waals surface area contributed by atoms with E-state index in [-0.39, 0.29) is 12.4 Å². The third-order valence-corrected chi connectivity index (χ3v) is 1.84. The molecule has 1 rings (SSSR count). The molecule has 0 bridgehead atoms. The average molecular weight is 224 g/mol. The number of hydrogen-bond acceptors (Lipinski definition) is 5. The van der Waals surface area contributed by atoms with Gasteiger partial charge in [0.1, 0.15) is 18.5 Å². The summed E-state index contributed by atoms with van der Waals surface area (Å²) in [5.41, 5.74) is 0.330. The Morgan fingerprint density at radius 3 is 2.62 bits per heavy atom. The minimum atomic E-state index is -0.527. The predicted molar refractivity (Wildman–Crippen MR) is 55.0 cm³/mol. The van der Waals surface area contributed by atoms with Crippen LogP contribution in [0.25, 0.3) is 0 Å². The second-order valence-electron chi connectivity index (χ2n) is 3.19. The largest absolute Gasteiger partial charge is 0.508 e. The predicted octanol–water partition coefficient (Wildman–Crippen LogP) is 1.11. The van der Waals surface area contributed by atoms with Gasteiger partial charge in [-0.25, -0.2) is 4.79 Å². The minimum absolute atomic E-state index is 0.00154. The lowest BCUT2D eigenvalue weighted by atomic mass is 10.2. The van der Waals surface area contributed by atoms with Gasteiger partial charge in [-0.3, -0.25) is 4.79 Å². The standard InChI is InChI=1S/C11H12O5/c1-8(16-7-12)6-15-11(14)9-2-4-10(13)5-3-9/h2-5,7-8,13H,6H2,1H3. The van der Waals surface area contributed by atoms with Gasteiger partial charge in [-0.05, 0) is 31.2 Å². The first-order valence-corrected chi connectivity index (χ1v) is 4.68. The van der Waals surface area contributed by atoms with E-state index >= 15 is 0 Å². The van der Waals surface area contributed by atoms with Crippen LogP contribution in [0.3, 0.4) is 0 Å². The summed E-state index contributed by atoms with van der Waals surface area (Å²) in [6, 6.07) is 5.68. The number of carbonyl (C=O) groups excluding carboxylic acids is 2. The van der Waals surface area contributed by atoms with Crippen molar-refractivity contribution in [2.24, 2.45) is 0 Å². The first-order valence-electron chi connectivity index (χ1n) is 4.68. The topological polar surface area (TPSA) is 72.8 Å². The molecule has 0 spiro atoms. The van der Waals surface area contributed by atoms with Gasteiger partial charge in [0.2, 0.25) is 0 Å². The Morgan fingerprint density at radius 2 is 2.06 bits per heavy atom. The summed E-state index contributed by atoms with van der Waals surface area (Å²) in [7, 11) is 0. The lowest BCUT2D eigenvalue weighted by Crippen LogP contribution is -2.18. The van der Waals surface area contributed by atoms with Crippen LogP contribution in [0.1, 0.15) is 17.3 Å². The lowest BCUT2D eigenvalue weighted by Gasteiger charge is -2.10. The third kappa shape index (κ3) is 3.61. The summed E-state index contributed by atoms with van der Waals surface area (Å²) < 4.78 is 9.43. The molecular weight excluding hydrogens is 212 g/mol. The fourth-order valence-corrected chi connectivity index (χ4v) is 1.01. The molecule has 0 heterocycles. The number of ether oxygens (including phenoxy) is 2. The molecule has 1 aromatic rings. The fraction of sp³-hybridized carbons (Fsp3) is 0.273. The molecule has 1 aromatic carbocycles. The Morgan fingerprint density at radius 1 is 1.44 bits per heavy atom. The molecule has 5 nitrogen and oxygen atoms in total. The molecule has 0 radical (unpaired) electrons. The van der Waals surface area contributed by atoms with E-state index in [0.717, 1.165) is 0 Å². The molecule has 16 heavy (non-hydrogen) atoms. The van der Waals surface area contributed by atoms with Gasteiger partial charge in [-0.2, -0.15) is 0 Å². The quantitative estimate of drug-likeness (QED) is 0.599. The maximum absolute atomic E-state index is 11.4. The van der Waals surface area contributed by atoms with E-state index < -0.39 is 12.1 Å². The van der Waals surface area contributed by atoms with Crippen LogP contribution in [0, 0.1) is 0 Å². The normalized spacial score (nSPS) is 11.6. The molecule has 1 unspecified atom stereocenters. The van der Waals surface area contributed by atoms with Gasteiger partial charge >= 0.3 is 5.97 Å². The Hall–Kier alpha value is -2.04. The summed E-state index contributed by atoms with van der Waals surface area (Å²) in [6.07, 6.45) is -0.474. The fourth-order valence-electron chi connectivity index (χ4n) is 1.01. The van der Waals surface area contributed by atoms with Gasteiger partial charge in [0, 0.05) is 0 Å². The zero-order valence-corrected chi connectivity index (χ0v) is 8.75. The van der Waals surface area contributed by atoms with Crippen LogP contribution in [0.2, 0.25) is 0 Å². The van der Waals surface area contributed by atoms with E-state index in [0.29, 0.717) is 12.0 Å². The minimum Gasteiger partial charge on any atom is -0.508 e. The van der Waals surface area contributed by atoms with Crippen molar-refractivity contribution in [1.29, 1.82) is 0 Å². The van der Waals surface area contributed by atoms with E-state index in [1.807, 2.05) is 0 Å². The van der Waals surface area contributed by atoms with Crippen LogP contribution in [0.5, 0.6) is 5.75 Å². The molecule has 0 amide bonds. The van der Waals surface area contributed by atoms with Gasteiger partial charge in [0.05, 0.1) is 5.56 Å². The van der Waals surface area contributed by atoms with Crippen LogP contribution in [0.4, 0.5) is 0 Å². The molecular formula is C11H12O5. The molecule has 0 aliphatic carbocycles. The molecule has 0 aromatic heterocycles. The van der Waals surface area contributed by atoms with Gasteiger partial charge in [-0.15, -0.1) is 0 Å². The lowest BCUT2D eigenvalue weighted by molar-refractivity contribution is -0.134. The van der Waals surface area contributed by atoms with E-state index in [2.05, 4.69) is 4.74 Å². The SMILES string of the molecule is CC(COC(=O)c1ccc(O)cc1)OC=O. The Kier molecular flexibility index (Phi) is 4.32. The van der Waals surface area contributed by atoms with Gasteiger partial charge in [0.25, 0.3) is 6.47 Å². The maximum Gasteiger partial charge on any atom is 0.338 e. The van der Waals surface area contributed by atoms with E-state index in [9.17, 15) is 9.59 Å². The zero-order chi connectivity index (χ0) is 12.0. The molecule has 1 atom stereocenters. The first kappa shape index (κ1) is 12.0. The van der Waals surface area contributed by atoms with Crippen LogP contribution < -0.4 is 0 Å². The second kappa shape index (κ2) is 5.75. The van der Waals surface area contributed by atoms with E-state index in [1.165, 1.54) is 24.3 Å². The summed E-state index contributed by atoms with van der Waals surface area (Å²) in [4.78, 5) is 21.4. The summed E-state index contributed by atoms with van der Waals surface area (Å²) >= 11 is 0. The Balaban J connectivity index is 2.46. The molecule has 0 aliphatic rings.